The van der Waals surface area contributed by atoms with E-state index in [1.54, 1.807) is 51.7 Å². The van der Waals surface area contributed by atoms with E-state index in [0.29, 0.717) is 12.2 Å². The van der Waals surface area contributed by atoms with Crippen LogP contribution < -0.4 is 5.32 Å². The fraction of sp³-hybridized carbons (Fsp3) is 0.500. The van der Waals surface area contributed by atoms with Crippen LogP contribution in [0.4, 0.5) is 11.6 Å². The Kier molecular flexibility index (Phi) is 4.88. The molecule has 0 aliphatic carbocycles. The Bertz CT molecular complexity index is 713. The largest absolute Gasteiger partial charge is 0.455 e. The predicted octanol–water partition coefficient (Wildman–Crippen LogP) is 2.14. The van der Waals surface area contributed by atoms with Crippen molar-refractivity contribution < 1.29 is 14.6 Å². The number of aromatic nitrogens is 4. The summed E-state index contributed by atoms with van der Waals surface area (Å²) in [5, 5.41) is 16.9. The molecule has 0 saturated carbocycles. The minimum absolute atomic E-state index is 0.173. The lowest BCUT2D eigenvalue weighted by Gasteiger charge is -2.19. The van der Waals surface area contributed by atoms with Crippen LogP contribution in [-0.2, 0) is 11.3 Å². The Morgan fingerprint density at radius 2 is 2.04 bits per heavy atom. The van der Waals surface area contributed by atoms with Gasteiger partial charge in [-0.3, -0.25) is 4.68 Å². The van der Waals surface area contributed by atoms with E-state index in [-0.39, 0.29) is 11.6 Å². The molecule has 2 rings (SSSR count). The average Bonchev–Trinajstić information content (AvgIpc) is 2.82. The average molecular weight is 333 g/mol. The highest BCUT2D eigenvalue weighted by Crippen LogP contribution is 2.15. The minimum Gasteiger partial charge on any atom is -0.455 e. The van der Waals surface area contributed by atoms with Gasteiger partial charge in [0.2, 0.25) is 5.95 Å². The van der Waals surface area contributed by atoms with Gasteiger partial charge in [0.15, 0.2) is 5.69 Å². The summed E-state index contributed by atoms with van der Waals surface area (Å²) in [5.74, 6) is -0.244. The van der Waals surface area contributed by atoms with Crippen LogP contribution in [-0.4, -0.2) is 42.0 Å². The molecule has 0 unspecified atom stereocenters. The van der Waals surface area contributed by atoms with Gasteiger partial charge in [0, 0.05) is 12.4 Å². The molecule has 0 radical (unpaired) electrons. The van der Waals surface area contributed by atoms with E-state index < -0.39 is 17.2 Å². The van der Waals surface area contributed by atoms with Gasteiger partial charge in [-0.1, -0.05) is 0 Å². The second-order valence-electron chi connectivity index (χ2n) is 7.13. The Hall–Kier alpha value is -2.48. The van der Waals surface area contributed by atoms with E-state index in [9.17, 15) is 9.90 Å². The number of carbonyl (C=O) groups excluding carboxylic acids is 1. The van der Waals surface area contributed by atoms with E-state index in [0.717, 1.165) is 0 Å². The topological polar surface area (TPSA) is 102 Å². The summed E-state index contributed by atoms with van der Waals surface area (Å²) in [5.41, 5.74) is -0.628. The van der Waals surface area contributed by atoms with E-state index >= 15 is 0 Å². The molecule has 0 aliphatic rings. The second kappa shape index (κ2) is 6.56. The summed E-state index contributed by atoms with van der Waals surface area (Å²) in [6, 6.07) is 1.50. The number of ether oxygens (including phenoxy) is 1. The molecule has 8 heteroatoms. The van der Waals surface area contributed by atoms with Crippen molar-refractivity contribution in [3.8, 4) is 0 Å². The van der Waals surface area contributed by atoms with Crippen LogP contribution in [0.2, 0.25) is 0 Å². The van der Waals surface area contributed by atoms with Crippen molar-refractivity contribution in [2.75, 3.05) is 5.32 Å². The summed E-state index contributed by atoms with van der Waals surface area (Å²) < 4.78 is 6.90. The van der Waals surface area contributed by atoms with Crippen LogP contribution in [0.1, 0.15) is 45.1 Å². The Labute approximate surface area is 140 Å². The number of rotatable bonds is 5. The standard InChI is InChI=1S/C16H23N5O3/c1-15(2,3)24-13(22)12-6-7-17-14(20-12)19-11-8-18-21(9-11)10-16(4,5)23/h6-9,23H,10H2,1-5H3,(H,17,19,20). The Morgan fingerprint density at radius 3 is 2.67 bits per heavy atom. The summed E-state index contributed by atoms with van der Waals surface area (Å²) in [6.07, 6.45) is 4.80. The highest BCUT2D eigenvalue weighted by Gasteiger charge is 2.19. The van der Waals surface area contributed by atoms with E-state index in [1.165, 1.54) is 12.3 Å². The Balaban J connectivity index is 2.08. The highest BCUT2D eigenvalue weighted by atomic mass is 16.6. The van der Waals surface area contributed by atoms with E-state index in [2.05, 4.69) is 20.4 Å². The number of aliphatic hydroxyl groups is 1. The van der Waals surface area contributed by atoms with Gasteiger partial charge in [0.1, 0.15) is 5.60 Å². The van der Waals surface area contributed by atoms with Crippen LogP contribution in [0.5, 0.6) is 0 Å². The summed E-state index contributed by atoms with van der Waals surface area (Å²) in [4.78, 5) is 20.3. The van der Waals surface area contributed by atoms with E-state index in [4.69, 9.17) is 4.74 Å². The van der Waals surface area contributed by atoms with Crippen molar-refractivity contribution in [1.29, 1.82) is 0 Å². The number of carbonyl (C=O) groups is 1. The zero-order chi connectivity index (χ0) is 18.0. The summed E-state index contributed by atoms with van der Waals surface area (Å²) in [6.45, 7) is 9.14. The molecule has 0 aliphatic heterocycles. The van der Waals surface area contributed by atoms with Gasteiger partial charge in [-0.2, -0.15) is 5.10 Å². The number of esters is 1. The van der Waals surface area contributed by atoms with Crippen molar-refractivity contribution in [2.24, 2.45) is 0 Å². The van der Waals surface area contributed by atoms with Gasteiger partial charge in [0.05, 0.1) is 24.0 Å². The number of nitrogens with one attached hydrogen (secondary N) is 1. The molecule has 0 saturated heterocycles. The molecule has 2 heterocycles. The smallest absolute Gasteiger partial charge is 0.357 e. The van der Waals surface area contributed by atoms with Crippen LogP contribution in [0.3, 0.4) is 0 Å². The number of anilines is 2. The third-order valence-corrected chi connectivity index (χ3v) is 2.70. The van der Waals surface area contributed by atoms with Gasteiger partial charge >= 0.3 is 5.97 Å². The SMILES string of the molecule is CC(C)(O)Cn1cc(Nc2nccc(C(=O)OC(C)(C)C)n2)cn1. The van der Waals surface area contributed by atoms with Crippen molar-refractivity contribution in [3.05, 3.63) is 30.4 Å². The zero-order valence-electron chi connectivity index (χ0n) is 14.6. The molecular formula is C16H23N5O3. The van der Waals surface area contributed by atoms with Gasteiger partial charge in [-0.15, -0.1) is 0 Å². The van der Waals surface area contributed by atoms with E-state index in [1.807, 2.05) is 0 Å². The lowest BCUT2D eigenvalue weighted by molar-refractivity contribution is 0.00626. The molecule has 0 bridgehead atoms. The fourth-order valence-corrected chi connectivity index (χ4v) is 1.90. The first kappa shape index (κ1) is 17.9. The van der Waals surface area contributed by atoms with Crippen molar-refractivity contribution >= 4 is 17.6 Å². The molecule has 130 valence electrons. The quantitative estimate of drug-likeness (QED) is 0.808. The number of hydrogen-bond acceptors (Lipinski definition) is 7. The molecule has 0 spiro atoms. The molecule has 0 fully saturated rings. The molecule has 8 nitrogen and oxygen atoms in total. The molecule has 24 heavy (non-hydrogen) atoms. The van der Waals surface area contributed by atoms with Crippen molar-refractivity contribution in [1.82, 2.24) is 19.7 Å². The van der Waals surface area contributed by atoms with Gasteiger partial charge in [-0.05, 0) is 40.7 Å². The zero-order valence-corrected chi connectivity index (χ0v) is 14.6. The van der Waals surface area contributed by atoms with Crippen LogP contribution in [0.15, 0.2) is 24.7 Å². The van der Waals surface area contributed by atoms with Gasteiger partial charge in [0.25, 0.3) is 0 Å². The maximum Gasteiger partial charge on any atom is 0.357 e. The maximum absolute atomic E-state index is 12.0. The fourth-order valence-electron chi connectivity index (χ4n) is 1.90. The van der Waals surface area contributed by atoms with Crippen molar-refractivity contribution in [3.63, 3.8) is 0 Å². The summed E-state index contributed by atoms with van der Waals surface area (Å²) in [7, 11) is 0. The Morgan fingerprint density at radius 1 is 1.33 bits per heavy atom. The highest BCUT2D eigenvalue weighted by molar-refractivity contribution is 5.87. The first-order valence-electron chi connectivity index (χ1n) is 7.60. The summed E-state index contributed by atoms with van der Waals surface area (Å²) >= 11 is 0. The minimum atomic E-state index is -0.865. The normalized spacial score (nSPS) is 12.1. The monoisotopic (exact) mass is 333 g/mol. The van der Waals surface area contributed by atoms with Crippen LogP contribution in [0, 0.1) is 0 Å². The number of nitrogens with zero attached hydrogens (tertiary/aromatic N) is 4. The second-order valence-corrected chi connectivity index (χ2v) is 7.13. The molecule has 2 N–H and O–H groups in total. The van der Waals surface area contributed by atoms with Crippen LogP contribution >= 0.6 is 0 Å². The number of hydrogen-bond donors (Lipinski definition) is 2. The predicted molar refractivity (Wildman–Crippen MR) is 89.0 cm³/mol. The molecular weight excluding hydrogens is 310 g/mol. The molecule has 0 atom stereocenters. The first-order valence-corrected chi connectivity index (χ1v) is 7.60. The molecule has 2 aromatic rings. The van der Waals surface area contributed by atoms with Gasteiger partial charge < -0.3 is 15.2 Å². The van der Waals surface area contributed by atoms with Gasteiger partial charge in [-0.25, -0.2) is 14.8 Å². The first-order chi connectivity index (χ1) is 11.0. The maximum atomic E-state index is 12.0. The van der Waals surface area contributed by atoms with Crippen LogP contribution in [0.25, 0.3) is 0 Å². The molecule has 0 amide bonds. The molecule has 2 aromatic heterocycles. The third kappa shape index (κ3) is 5.62. The third-order valence-electron chi connectivity index (χ3n) is 2.70. The molecule has 0 aromatic carbocycles. The van der Waals surface area contributed by atoms with Crippen molar-refractivity contribution in [2.45, 2.75) is 52.4 Å². The lowest BCUT2D eigenvalue weighted by atomic mass is 10.1. The lowest BCUT2D eigenvalue weighted by Crippen LogP contribution is -2.26.